The highest BCUT2D eigenvalue weighted by Crippen LogP contribution is 2.21. The molecule has 98 valence electrons. The Morgan fingerprint density at radius 3 is 2.74 bits per heavy atom. The van der Waals surface area contributed by atoms with Crippen molar-refractivity contribution in [1.29, 1.82) is 0 Å². The lowest BCUT2D eigenvalue weighted by atomic mass is 9.94. The zero-order valence-corrected chi connectivity index (χ0v) is 11.7. The van der Waals surface area contributed by atoms with E-state index in [2.05, 4.69) is 16.9 Å². The van der Waals surface area contributed by atoms with Crippen molar-refractivity contribution in [2.24, 2.45) is 11.0 Å². The molecular weight excluding hydrogens is 260 g/mol. The van der Waals surface area contributed by atoms with Gasteiger partial charge in [-0.3, -0.25) is 4.79 Å². The van der Waals surface area contributed by atoms with Gasteiger partial charge in [0.1, 0.15) is 6.54 Å². The van der Waals surface area contributed by atoms with Gasteiger partial charge in [0.15, 0.2) is 0 Å². The molecule has 0 aromatic heterocycles. The fraction of sp³-hybridized carbons (Fsp3) is 0.333. The SMILES string of the molecule is CC#CCN1N=C(c2ccc(Cl)cc2)C(C)CC1=O. The average molecular weight is 275 g/mol. The molecule has 1 heterocycles. The Hall–Kier alpha value is -1.79. The van der Waals surface area contributed by atoms with E-state index in [9.17, 15) is 4.79 Å². The summed E-state index contributed by atoms with van der Waals surface area (Å²) in [5.74, 6) is 5.78. The van der Waals surface area contributed by atoms with Crippen molar-refractivity contribution in [1.82, 2.24) is 5.01 Å². The van der Waals surface area contributed by atoms with Crippen molar-refractivity contribution in [3.8, 4) is 11.8 Å². The molecule has 0 spiro atoms. The predicted octanol–water partition coefficient (Wildman–Crippen LogP) is 2.94. The Labute approximate surface area is 118 Å². The van der Waals surface area contributed by atoms with E-state index in [0.29, 0.717) is 18.0 Å². The summed E-state index contributed by atoms with van der Waals surface area (Å²) < 4.78 is 0. The molecular formula is C15H15ClN2O. The van der Waals surface area contributed by atoms with Crippen LogP contribution < -0.4 is 0 Å². The second-order valence-electron chi connectivity index (χ2n) is 4.48. The number of halogens is 1. The van der Waals surface area contributed by atoms with E-state index in [-0.39, 0.29) is 11.8 Å². The monoisotopic (exact) mass is 274 g/mol. The number of benzene rings is 1. The number of carbonyl (C=O) groups excluding carboxylic acids is 1. The second kappa shape index (κ2) is 5.90. The summed E-state index contributed by atoms with van der Waals surface area (Å²) in [5.41, 5.74) is 1.91. The molecule has 4 heteroatoms. The highest BCUT2D eigenvalue weighted by atomic mass is 35.5. The average Bonchev–Trinajstić information content (AvgIpc) is 2.39. The van der Waals surface area contributed by atoms with Crippen molar-refractivity contribution in [2.75, 3.05) is 6.54 Å². The quantitative estimate of drug-likeness (QED) is 0.763. The molecule has 19 heavy (non-hydrogen) atoms. The van der Waals surface area contributed by atoms with Gasteiger partial charge in [-0.15, -0.1) is 5.92 Å². The maximum absolute atomic E-state index is 11.9. The lowest BCUT2D eigenvalue weighted by molar-refractivity contribution is -0.131. The maximum atomic E-state index is 11.9. The minimum Gasteiger partial charge on any atom is -0.273 e. The number of amides is 1. The zero-order chi connectivity index (χ0) is 13.8. The summed E-state index contributed by atoms with van der Waals surface area (Å²) in [6.07, 6.45) is 0.465. The normalized spacial score (nSPS) is 18.7. The van der Waals surface area contributed by atoms with E-state index < -0.39 is 0 Å². The molecule has 1 aliphatic rings. The summed E-state index contributed by atoms with van der Waals surface area (Å²) >= 11 is 5.88. The Bertz CT molecular complexity index is 566. The van der Waals surface area contributed by atoms with Crippen LogP contribution in [0, 0.1) is 17.8 Å². The van der Waals surface area contributed by atoms with Crippen molar-refractivity contribution >= 4 is 23.2 Å². The van der Waals surface area contributed by atoms with E-state index in [0.717, 1.165) is 11.3 Å². The van der Waals surface area contributed by atoms with Crippen LogP contribution in [0.1, 0.15) is 25.8 Å². The van der Waals surface area contributed by atoms with Gasteiger partial charge in [-0.1, -0.05) is 36.6 Å². The molecule has 2 rings (SSSR count). The first kappa shape index (κ1) is 13.6. The summed E-state index contributed by atoms with van der Waals surface area (Å²) in [5, 5.41) is 6.57. The van der Waals surface area contributed by atoms with Crippen LogP contribution in [0.25, 0.3) is 0 Å². The van der Waals surface area contributed by atoms with Crippen LogP contribution in [0.5, 0.6) is 0 Å². The number of hydrogen-bond acceptors (Lipinski definition) is 2. The van der Waals surface area contributed by atoms with E-state index in [1.165, 1.54) is 5.01 Å². The second-order valence-corrected chi connectivity index (χ2v) is 4.91. The van der Waals surface area contributed by atoms with Crippen molar-refractivity contribution in [3.63, 3.8) is 0 Å². The zero-order valence-electron chi connectivity index (χ0n) is 11.0. The van der Waals surface area contributed by atoms with Gasteiger partial charge in [0.05, 0.1) is 5.71 Å². The molecule has 3 nitrogen and oxygen atoms in total. The van der Waals surface area contributed by atoms with Gasteiger partial charge >= 0.3 is 0 Å². The standard InChI is InChI=1S/C15H15ClN2O/c1-3-4-9-18-14(19)10-11(2)15(17-18)12-5-7-13(16)8-6-12/h5-8,11H,9-10H2,1-2H3. The molecule has 1 unspecified atom stereocenters. The fourth-order valence-corrected chi connectivity index (χ4v) is 2.11. The molecule has 0 fully saturated rings. The van der Waals surface area contributed by atoms with Crippen molar-refractivity contribution in [2.45, 2.75) is 20.3 Å². The summed E-state index contributed by atoms with van der Waals surface area (Å²) in [4.78, 5) is 11.9. The highest BCUT2D eigenvalue weighted by Gasteiger charge is 2.26. The predicted molar refractivity (Wildman–Crippen MR) is 76.9 cm³/mol. The van der Waals surface area contributed by atoms with Gasteiger partial charge in [-0.05, 0) is 24.6 Å². The molecule has 1 amide bonds. The Morgan fingerprint density at radius 1 is 1.42 bits per heavy atom. The number of carbonyl (C=O) groups is 1. The van der Waals surface area contributed by atoms with E-state index >= 15 is 0 Å². The molecule has 0 aliphatic carbocycles. The number of nitrogens with zero attached hydrogens (tertiary/aromatic N) is 2. The lowest BCUT2D eigenvalue weighted by Gasteiger charge is -2.26. The van der Waals surface area contributed by atoms with E-state index in [1.54, 1.807) is 6.92 Å². The minimum atomic E-state index is 0.0213. The van der Waals surface area contributed by atoms with Gasteiger partial charge in [-0.2, -0.15) is 5.10 Å². The van der Waals surface area contributed by atoms with Crippen LogP contribution in [0.4, 0.5) is 0 Å². The van der Waals surface area contributed by atoms with Crippen LogP contribution in [0.2, 0.25) is 5.02 Å². The minimum absolute atomic E-state index is 0.0213. The largest absolute Gasteiger partial charge is 0.273 e. The van der Waals surface area contributed by atoms with Crippen LogP contribution in [0.3, 0.4) is 0 Å². The van der Waals surface area contributed by atoms with E-state index in [4.69, 9.17) is 11.6 Å². The van der Waals surface area contributed by atoms with Gasteiger partial charge in [-0.25, -0.2) is 5.01 Å². The first-order valence-corrected chi connectivity index (χ1v) is 6.54. The van der Waals surface area contributed by atoms with Gasteiger partial charge in [0.25, 0.3) is 0 Å². The third-order valence-electron chi connectivity index (χ3n) is 3.01. The van der Waals surface area contributed by atoms with Gasteiger partial charge in [0.2, 0.25) is 5.91 Å². The maximum Gasteiger partial charge on any atom is 0.244 e. The molecule has 0 saturated heterocycles. The number of hydrazone groups is 1. The number of hydrogen-bond donors (Lipinski definition) is 0. The Balaban J connectivity index is 2.32. The smallest absolute Gasteiger partial charge is 0.244 e. The van der Waals surface area contributed by atoms with Crippen molar-refractivity contribution in [3.05, 3.63) is 34.9 Å². The fourth-order valence-electron chi connectivity index (χ4n) is 1.99. The molecule has 0 bridgehead atoms. The molecule has 1 aliphatic heterocycles. The molecule has 1 atom stereocenters. The lowest BCUT2D eigenvalue weighted by Crippen LogP contribution is -2.36. The molecule has 1 aromatic rings. The first-order chi connectivity index (χ1) is 9.11. The Morgan fingerprint density at radius 2 is 2.11 bits per heavy atom. The first-order valence-electron chi connectivity index (χ1n) is 6.16. The molecule has 1 aromatic carbocycles. The molecule has 0 N–H and O–H groups in total. The molecule has 0 radical (unpaired) electrons. The third-order valence-corrected chi connectivity index (χ3v) is 3.26. The highest BCUT2D eigenvalue weighted by molar-refractivity contribution is 6.30. The van der Waals surface area contributed by atoms with Crippen LogP contribution in [0.15, 0.2) is 29.4 Å². The number of rotatable bonds is 2. The van der Waals surface area contributed by atoms with Crippen LogP contribution >= 0.6 is 11.6 Å². The van der Waals surface area contributed by atoms with Crippen LogP contribution in [-0.4, -0.2) is 23.2 Å². The van der Waals surface area contributed by atoms with E-state index in [1.807, 2.05) is 31.2 Å². The Kier molecular flexibility index (Phi) is 4.24. The molecule has 0 saturated carbocycles. The third kappa shape index (κ3) is 3.15. The van der Waals surface area contributed by atoms with Gasteiger partial charge < -0.3 is 0 Å². The van der Waals surface area contributed by atoms with Gasteiger partial charge in [0, 0.05) is 17.4 Å². The van der Waals surface area contributed by atoms with Crippen molar-refractivity contribution < 1.29 is 4.79 Å². The summed E-state index contributed by atoms with van der Waals surface area (Å²) in [6.45, 7) is 4.11. The van der Waals surface area contributed by atoms with Crippen LogP contribution in [-0.2, 0) is 4.79 Å². The topological polar surface area (TPSA) is 32.7 Å². The summed E-state index contributed by atoms with van der Waals surface area (Å²) in [6, 6.07) is 7.52. The summed E-state index contributed by atoms with van der Waals surface area (Å²) in [7, 11) is 0.